The summed E-state index contributed by atoms with van der Waals surface area (Å²) in [6.07, 6.45) is 2.20. The second-order valence-electron chi connectivity index (χ2n) is 6.23. The Morgan fingerprint density at radius 3 is 2.62 bits per heavy atom. The van der Waals surface area contributed by atoms with E-state index in [0.717, 1.165) is 22.0 Å². The predicted octanol–water partition coefficient (Wildman–Crippen LogP) is 3.89. The molecule has 130 valence electrons. The molecule has 2 heterocycles. The van der Waals surface area contributed by atoms with Crippen molar-refractivity contribution in [1.29, 1.82) is 0 Å². The van der Waals surface area contributed by atoms with Gasteiger partial charge in [-0.15, -0.1) is 0 Å². The average molecular weight is 363 g/mol. The summed E-state index contributed by atoms with van der Waals surface area (Å²) >= 11 is 5.16. The van der Waals surface area contributed by atoms with Gasteiger partial charge in [-0.1, -0.05) is 30.3 Å². The minimum absolute atomic E-state index is 0.170. The maximum absolute atomic E-state index is 12.7. The molecule has 4 rings (SSSR count). The summed E-state index contributed by atoms with van der Waals surface area (Å²) in [4.78, 5) is 18.5. The summed E-state index contributed by atoms with van der Waals surface area (Å²) < 4.78 is 2.20. The lowest BCUT2D eigenvalue weighted by Crippen LogP contribution is -2.17. The molecular formula is C20H17N3O2S. The van der Waals surface area contributed by atoms with Crippen LogP contribution in [0.3, 0.4) is 0 Å². The number of benzene rings is 2. The SMILES string of the molecule is Cn1cccc1-c1[nH]c(=S)[nH]c(=O)c1Cc1c(O)ccc2ccccc12. The number of fused-ring (bicyclic) bond motifs is 1. The number of aromatic hydroxyl groups is 1. The molecule has 0 radical (unpaired) electrons. The molecule has 2 aromatic heterocycles. The average Bonchev–Trinajstić information content (AvgIpc) is 3.04. The zero-order valence-electron chi connectivity index (χ0n) is 14.1. The van der Waals surface area contributed by atoms with Crippen molar-refractivity contribution >= 4 is 23.0 Å². The number of nitrogens with zero attached hydrogens (tertiary/aromatic N) is 1. The van der Waals surface area contributed by atoms with Gasteiger partial charge in [-0.3, -0.25) is 9.78 Å². The molecule has 2 aromatic carbocycles. The number of hydrogen-bond acceptors (Lipinski definition) is 3. The lowest BCUT2D eigenvalue weighted by atomic mass is 9.96. The monoisotopic (exact) mass is 363 g/mol. The van der Waals surface area contributed by atoms with Gasteiger partial charge >= 0.3 is 0 Å². The highest BCUT2D eigenvalue weighted by molar-refractivity contribution is 7.71. The third kappa shape index (κ3) is 2.74. The van der Waals surface area contributed by atoms with E-state index in [9.17, 15) is 9.90 Å². The van der Waals surface area contributed by atoms with Gasteiger partial charge in [0.05, 0.1) is 11.4 Å². The molecule has 0 atom stereocenters. The van der Waals surface area contributed by atoms with E-state index in [0.29, 0.717) is 11.3 Å². The number of phenols is 1. The van der Waals surface area contributed by atoms with Gasteiger partial charge < -0.3 is 14.7 Å². The summed E-state index contributed by atoms with van der Waals surface area (Å²) in [6, 6.07) is 15.2. The molecule has 0 aliphatic carbocycles. The number of aromatic nitrogens is 3. The van der Waals surface area contributed by atoms with Crippen molar-refractivity contribution < 1.29 is 5.11 Å². The zero-order chi connectivity index (χ0) is 18.3. The molecule has 0 saturated carbocycles. The summed E-state index contributed by atoms with van der Waals surface area (Å²) in [5.74, 6) is 0.170. The van der Waals surface area contributed by atoms with Crippen LogP contribution in [-0.4, -0.2) is 19.6 Å². The smallest absolute Gasteiger partial charge is 0.255 e. The molecule has 6 heteroatoms. The van der Waals surface area contributed by atoms with Crippen LogP contribution >= 0.6 is 12.2 Å². The van der Waals surface area contributed by atoms with Crippen LogP contribution in [0.1, 0.15) is 11.1 Å². The van der Waals surface area contributed by atoms with Crippen LogP contribution in [-0.2, 0) is 13.5 Å². The van der Waals surface area contributed by atoms with E-state index in [1.54, 1.807) is 6.07 Å². The zero-order valence-corrected chi connectivity index (χ0v) is 14.9. The first-order valence-corrected chi connectivity index (χ1v) is 8.62. The Balaban J connectivity index is 1.96. The summed E-state index contributed by atoms with van der Waals surface area (Å²) in [7, 11) is 1.91. The highest BCUT2D eigenvalue weighted by Gasteiger charge is 2.16. The summed E-state index contributed by atoms with van der Waals surface area (Å²) in [6.45, 7) is 0. The van der Waals surface area contributed by atoms with Gasteiger partial charge in [0.1, 0.15) is 5.75 Å². The Morgan fingerprint density at radius 2 is 1.85 bits per heavy atom. The lowest BCUT2D eigenvalue weighted by molar-refractivity contribution is 0.470. The number of aromatic amines is 2. The lowest BCUT2D eigenvalue weighted by Gasteiger charge is -2.13. The molecule has 26 heavy (non-hydrogen) atoms. The van der Waals surface area contributed by atoms with Crippen molar-refractivity contribution in [2.75, 3.05) is 0 Å². The van der Waals surface area contributed by atoms with Crippen LogP contribution in [0.2, 0.25) is 0 Å². The van der Waals surface area contributed by atoms with Crippen molar-refractivity contribution in [2.45, 2.75) is 6.42 Å². The van der Waals surface area contributed by atoms with Crippen molar-refractivity contribution in [3.63, 3.8) is 0 Å². The van der Waals surface area contributed by atoms with Gasteiger partial charge in [0.25, 0.3) is 5.56 Å². The molecule has 5 nitrogen and oxygen atoms in total. The molecule has 0 bridgehead atoms. The number of H-pyrrole nitrogens is 2. The molecule has 0 aliphatic rings. The quantitative estimate of drug-likeness (QED) is 0.484. The highest BCUT2D eigenvalue weighted by Crippen LogP contribution is 2.30. The Kier molecular flexibility index (Phi) is 3.97. The first kappa shape index (κ1) is 16.4. The Hall–Kier alpha value is -3.12. The van der Waals surface area contributed by atoms with Crippen molar-refractivity contribution in [3.05, 3.63) is 81.0 Å². The molecule has 0 aliphatic heterocycles. The maximum Gasteiger partial charge on any atom is 0.255 e. The molecule has 0 unspecified atom stereocenters. The fourth-order valence-corrected chi connectivity index (χ4v) is 3.50. The third-order valence-corrected chi connectivity index (χ3v) is 4.81. The van der Waals surface area contributed by atoms with Gasteiger partial charge in [-0.25, -0.2) is 0 Å². The van der Waals surface area contributed by atoms with E-state index >= 15 is 0 Å². The van der Waals surface area contributed by atoms with E-state index in [2.05, 4.69) is 9.97 Å². The van der Waals surface area contributed by atoms with Gasteiger partial charge in [0, 0.05) is 30.8 Å². The topological polar surface area (TPSA) is 73.8 Å². The fraction of sp³-hybridized carbons (Fsp3) is 0.100. The summed E-state index contributed by atoms with van der Waals surface area (Å²) in [5, 5.41) is 12.4. The second kappa shape index (κ2) is 6.31. The van der Waals surface area contributed by atoms with Crippen molar-refractivity contribution in [2.24, 2.45) is 7.05 Å². The molecule has 0 spiro atoms. The van der Waals surface area contributed by atoms with E-state index in [1.807, 2.05) is 60.3 Å². The van der Waals surface area contributed by atoms with Crippen molar-refractivity contribution in [1.82, 2.24) is 14.5 Å². The van der Waals surface area contributed by atoms with E-state index < -0.39 is 0 Å². The van der Waals surface area contributed by atoms with Crippen molar-refractivity contribution in [3.8, 4) is 17.1 Å². The second-order valence-corrected chi connectivity index (χ2v) is 6.64. The highest BCUT2D eigenvalue weighted by atomic mass is 32.1. The van der Waals surface area contributed by atoms with Crippen LogP contribution in [0.25, 0.3) is 22.2 Å². The van der Waals surface area contributed by atoms with Gasteiger partial charge in [0.2, 0.25) is 0 Å². The minimum atomic E-state index is -0.253. The number of nitrogens with one attached hydrogen (secondary N) is 2. The van der Waals surface area contributed by atoms with E-state index in [-0.39, 0.29) is 22.5 Å². The Bertz CT molecular complexity index is 1230. The predicted molar refractivity (Wildman–Crippen MR) is 105 cm³/mol. The molecule has 3 N–H and O–H groups in total. The number of aryl methyl sites for hydroxylation is 1. The molecule has 0 saturated heterocycles. The van der Waals surface area contributed by atoms with Gasteiger partial charge in [0.15, 0.2) is 4.77 Å². The van der Waals surface area contributed by atoms with Crippen LogP contribution in [0.4, 0.5) is 0 Å². The molecule has 0 amide bonds. The largest absolute Gasteiger partial charge is 0.508 e. The number of hydrogen-bond donors (Lipinski definition) is 3. The third-order valence-electron chi connectivity index (χ3n) is 4.61. The summed E-state index contributed by atoms with van der Waals surface area (Å²) in [5.41, 5.74) is 2.52. The van der Waals surface area contributed by atoms with Crippen LogP contribution in [0.15, 0.2) is 59.5 Å². The fourth-order valence-electron chi connectivity index (χ4n) is 3.31. The normalized spacial score (nSPS) is 11.1. The van der Waals surface area contributed by atoms with Crippen LogP contribution in [0, 0.1) is 4.77 Å². The molecule has 0 fully saturated rings. The minimum Gasteiger partial charge on any atom is -0.508 e. The van der Waals surface area contributed by atoms with Crippen LogP contribution < -0.4 is 5.56 Å². The van der Waals surface area contributed by atoms with Gasteiger partial charge in [-0.2, -0.15) is 0 Å². The van der Waals surface area contributed by atoms with Crippen LogP contribution in [0.5, 0.6) is 5.75 Å². The maximum atomic E-state index is 12.7. The first-order chi connectivity index (χ1) is 12.5. The Morgan fingerprint density at radius 1 is 1.04 bits per heavy atom. The number of rotatable bonds is 3. The molecule has 4 aromatic rings. The number of phenolic OH excluding ortho intramolecular Hbond substituents is 1. The van der Waals surface area contributed by atoms with Gasteiger partial charge in [-0.05, 0) is 41.2 Å². The molecular weight excluding hydrogens is 346 g/mol. The van der Waals surface area contributed by atoms with E-state index in [4.69, 9.17) is 12.2 Å². The Labute approximate surface area is 154 Å². The first-order valence-electron chi connectivity index (χ1n) is 8.21. The standard InChI is InChI=1S/C20H17N3O2S/c1-23-10-4-7-16(23)18-15(19(25)22-20(26)21-18)11-14-13-6-3-2-5-12(13)8-9-17(14)24/h2-10,24H,11H2,1H3,(H2,21,22,25,26). The van der Waals surface area contributed by atoms with E-state index in [1.165, 1.54) is 0 Å².